The van der Waals surface area contributed by atoms with E-state index in [9.17, 15) is 13.2 Å². The van der Waals surface area contributed by atoms with Crippen molar-refractivity contribution in [3.63, 3.8) is 0 Å². The lowest BCUT2D eigenvalue weighted by Gasteiger charge is -2.13. The predicted molar refractivity (Wildman–Crippen MR) is 142 cm³/mol. The summed E-state index contributed by atoms with van der Waals surface area (Å²) in [6.07, 6.45) is 1.67. The van der Waals surface area contributed by atoms with Gasteiger partial charge < -0.3 is 14.2 Å². The molecule has 1 aliphatic rings. The SMILES string of the molecule is COc1cc(/C=C2\SC(=Nc3ccc(C)cc3)NC2=O)cc(Br)c1OS(=O)(=O)c1ccc(C)cc1. The second kappa shape index (κ2) is 10.3. The van der Waals surface area contributed by atoms with Crippen molar-refractivity contribution in [2.24, 2.45) is 4.99 Å². The summed E-state index contributed by atoms with van der Waals surface area (Å²) in [7, 11) is -2.67. The number of rotatable bonds is 6. The van der Waals surface area contributed by atoms with Gasteiger partial charge in [-0.2, -0.15) is 8.42 Å². The van der Waals surface area contributed by atoms with Crippen LogP contribution >= 0.6 is 27.7 Å². The maximum atomic E-state index is 12.8. The van der Waals surface area contributed by atoms with Crippen LogP contribution in [-0.4, -0.2) is 26.6 Å². The van der Waals surface area contributed by atoms with Crippen molar-refractivity contribution in [3.8, 4) is 11.5 Å². The van der Waals surface area contributed by atoms with Crippen LogP contribution in [0, 0.1) is 13.8 Å². The summed E-state index contributed by atoms with van der Waals surface area (Å²) >= 11 is 4.58. The summed E-state index contributed by atoms with van der Waals surface area (Å²) in [5.74, 6) is -0.0718. The molecular formula is C25H21BrN2O5S2. The number of nitrogens with zero attached hydrogens (tertiary/aromatic N) is 1. The monoisotopic (exact) mass is 572 g/mol. The van der Waals surface area contributed by atoms with Crippen LogP contribution in [0.25, 0.3) is 6.08 Å². The zero-order chi connectivity index (χ0) is 25.2. The fourth-order valence-corrected chi connectivity index (χ4v) is 5.58. The van der Waals surface area contributed by atoms with E-state index in [0.29, 0.717) is 20.1 Å². The van der Waals surface area contributed by atoms with Crippen molar-refractivity contribution in [1.82, 2.24) is 5.32 Å². The highest BCUT2D eigenvalue weighted by Crippen LogP contribution is 2.40. The molecule has 0 aliphatic carbocycles. The van der Waals surface area contributed by atoms with Crippen LogP contribution in [0.1, 0.15) is 16.7 Å². The van der Waals surface area contributed by atoms with Gasteiger partial charge in [0.2, 0.25) is 0 Å². The maximum absolute atomic E-state index is 12.8. The van der Waals surface area contributed by atoms with Crippen molar-refractivity contribution >= 4 is 60.6 Å². The molecule has 3 aromatic rings. The number of methoxy groups -OCH3 is 1. The van der Waals surface area contributed by atoms with Gasteiger partial charge in [0.25, 0.3) is 5.91 Å². The van der Waals surface area contributed by atoms with Crippen molar-refractivity contribution in [3.05, 3.63) is 86.7 Å². The molecule has 4 rings (SSSR count). The molecular weight excluding hydrogens is 552 g/mol. The van der Waals surface area contributed by atoms with Crippen molar-refractivity contribution < 1.29 is 22.1 Å². The van der Waals surface area contributed by atoms with Crippen LogP contribution < -0.4 is 14.2 Å². The first-order valence-corrected chi connectivity index (χ1v) is 13.4. The second-order valence-electron chi connectivity index (χ2n) is 7.70. The van der Waals surface area contributed by atoms with Crippen LogP contribution in [-0.2, 0) is 14.9 Å². The number of hydrogen-bond acceptors (Lipinski definition) is 7. The van der Waals surface area contributed by atoms with Gasteiger partial charge in [-0.25, -0.2) is 4.99 Å². The molecule has 0 saturated carbocycles. The van der Waals surface area contributed by atoms with E-state index in [0.717, 1.165) is 16.8 Å². The minimum atomic E-state index is -4.08. The van der Waals surface area contributed by atoms with Gasteiger partial charge in [0, 0.05) is 0 Å². The third-order valence-corrected chi connectivity index (χ3v) is 7.70. The second-order valence-corrected chi connectivity index (χ2v) is 11.1. The number of halogens is 1. The average molecular weight is 573 g/mol. The zero-order valence-electron chi connectivity index (χ0n) is 19.0. The Balaban J connectivity index is 1.60. The van der Waals surface area contributed by atoms with E-state index in [4.69, 9.17) is 8.92 Å². The van der Waals surface area contributed by atoms with E-state index in [1.54, 1.807) is 30.3 Å². The molecule has 10 heteroatoms. The topological polar surface area (TPSA) is 94.1 Å². The highest BCUT2D eigenvalue weighted by atomic mass is 79.9. The highest BCUT2D eigenvalue weighted by molar-refractivity contribution is 9.10. The lowest BCUT2D eigenvalue weighted by molar-refractivity contribution is -0.115. The number of aryl methyl sites for hydroxylation is 2. The van der Waals surface area contributed by atoms with E-state index in [1.807, 2.05) is 38.1 Å². The van der Waals surface area contributed by atoms with E-state index >= 15 is 0 Å². The van der Waals surface area contributed by atoms with Gasteiger partial charge >= 0.3 is 10.1 Å². The lowest BCUT2D eigenvalue weighted by Crippen LogP contribution is -2.19. The van der Waals surface area contributed by atoms with Crippen LogP contribution in [0.3, 0.4) is 0 Å². The minimum Gasteiger partial charge on any atom is -0.493 e. The quantitative estimate of drug-likeness (QED) is 0.299. The Morgan fingerprint density at radius 1 is 1.00 bits per heavy atom. The van der Waals surface area contributed by atoms with Crippen molar-refractivity contribution in [1.29, 1.82) is 0 Å². The van der Waals surface area contributed by atoms with Crippen LogP contribution in [0.4, 0.5) is 5.69 Å². The van der Waals surface area contributed by atoms with Gasteiger partial charge in [0.15, 0.2) is 16.7 Å². The molecule has 0 spiro atoms. The van der Waals surface area contributed by atoms with Gasteiger partial charge in [-0.05, 0) is 89.6 Å². The molecule has 1 amide bonds. The molecule has 3 aromatic carbocycles. The maximum Gasteiger partial charge on any atom is 0.339 e. The van der Waals surface area contributed by atoms with E-state index < -0.39 is 10.1 Å². The molecule has 180 valence electrons. The van der Waals surface area contributed by atoms with Gasteiger partial charge in [0.1, 0.15) is 4.90 Å². The van der Waals surface area contributed by atoms with Gasteiger partial charge in [-0.1, -0.05) is 35.4 Å². The molecule has 0 radical (unpaired) electrons. The third-order valence-electron chi connectivity index (χ3n) is 4.97. The first-order chi connectivity index (χ1) is 16.6. The number of thioether (sulfide) groups is 1. The van der Waals surface area contributed by atoms with E-state index in [-0.39, 0.29) is 22.3 Å². The fraction of sp³-hybridized carbons (Fsp3) is 0.120. The van der Waals surface area contributed by atoms with Gasteiger partial charge in [0.05, 0.1) is 22.2 Å². The molecule has 0 bridgehead atoms. The standard InChI is InChI=1S/C25H21BrN2O5S2/c1-15-4-8-18(9-5-15)27-25-28-24(29)22(34-25)14-17-12-20(26)23(21(13-17)32-3)33-35(30,31)19-10-6-16(2)7-11-19/h4-14H,1-3H3,(H,27,28,29)/b22-14-. The molecule has 0 aromatic heterocycles. The number of amides is 1. The molecule has 1 fully saturated rings. The Kier molecular flexibility index (Phi) is 7.34. The van der Waals surface area contributed by atoms with E-state index in [1.165, 1.54) is 31.0 Å². The molecule has 0 atom stereocenters. The number of hydrogen-bond donors (Lipinski definition) is 1. The molecule has 0 unspecified atom stereocenters. The highest BCUT2D eigenvalue weighted by Gasteiger charge is 2.25. The Labute approximate surface area is 216 Å². The lowest BCUT2D eigenvalue weighted by atomic mass is 10.2. The number of amidine groups is 1. The Morgan fingerprint density at radius 3 is 2.26 bits per heavy atom. The summed E-state index contributed by atoms with van der Waals surface area (Å²) in [4.78, 5) is 17.4. The van der Waals surface area contributed by atoms with Crippen LogP contribution in [0.2, 0.25) is 0 Å². The molecule has 1 aliphatic heterocycles. The first kappa shape index (κ1) is 25.0. The van der Waals surface area contributed by atoms with Crippen LogP contribution in [0.5, 0.6) is 11.5 Å². The number of aliphatic imine (C=N–C) groups is 1. The molecule has 7 nitrogen and oxygen atoms in total. The normalized spacial score (nSPS) is 15.9. The Morgan fingerprint density at radius 2 is 1.63 bits per heavy atom. The fourth-order valence-electron chi connectivity index (χ4n) is 3.14. The summed E-state index contributed by atoms with van der Waals surface area (Å²) in [6, 6.07) is 17.2. The Bertz CT molecular complexity index is 1450. The summed E-state index contributed by atoms with van der Waals surface area (Å²) in [6.45, 7) is 3.86. The van der Waals surface area contributed by atoms with Crippen molar-refractivity contribution in [2.75, 3.05) is 7.11 Å². The predicted octanol–water partition coefficient (Wildman–Crippen LogP) is 5.73. The largest absolute Gasteiger partial charge is 0.493 e. The number of ether oxygens (including phenoxy) is 1. The average Bonchev–Trinajstić information content (AvgIpc) is 3.15. The summed E-state index contributed by atoms with van der Waals surface area (Å²) in [5.41, 5.74) is 3.40. The minimum absolute atomic E-state index is 0.0142. The number of carbonyl (C=O) groups excluding carboxylic acids is 1. The summed E-state index contributed by atoms with van der Waals surface area (Å²) in [5, 5.41) is 3.23. The number of carbonyl (C=O) groups is 1. The Hall–Kier alpha value is -3.08. The number of nitrogens with one attached hydrogen (secondary N) is 1. The third kappa shape index (κ3) is 5.95. The molecule has 1 N–H and O–H groups in total. The zero-order valence-corrected chi connectivity index (χ0v) is 22.3. The van der Waals surface area contributed by atoms with Crippen molar-refractivity contribution in [2.45, 2.75) is 18.7 Å². The molecule has 35 heavy (non-hydrogen) atoms. The van der Waals surface area contributed by atoms with E-state index in [2.05, 4.69) is 26.2 Å². The van der Waals surface area contributed by atoms with Crippen LogP contribution in [0.15, 0.2) is 79.9 Å². The first-order valence-electron chi connectivity index (χ1n) is 10.4. The van der Waals surface area contributed by atoms with Gasteiger partial charge in [-0.15, -0.1) is 0 Å². The van der Waals surface area contributed by atoms with Gasteiger partial charge in [-0.3, -0.25) is 4.79 Å². The summed E-state index contributed by atoms with van der Waals surface area (Å²) < 4.78 is 36.7. The molecule has 1 saturated heterocycles. The molecule has 1 heterocycles. The number of benzene rings is 3. The smallest absolute Gasteiger partial charge is 0.339 e.